The molecule has 0 aliphatic rings. The molecule has 1 unspecified atom stereocenters. The van der Waals surface area contributed by atoms with Crippen molar-refractivity contribution in [2.24, 2.45) is 0 Å². The van der Waals surface area contributed by atoms with Gasteiger partial charge in [0.1, 0.15) is 6.04 Å². The maximum atomic E-state index is 11.9. The van der Waals surface area contributed by atoms with Gasteiger partial charge in [-0.1, -0.05) is 0 Å². The summed E-state index contributed by atoms with van der Waals surface area (Å²) in [6.45, 7) is 0. The summed E-state index contributed by atoms with van der Waals surface area (Å²) in [5.41, 5.74) is 6.26. The lowest BCUT2D eigenvalue weighted by Crippen LogP contribution is -2.41. The second-order valence-corrected chi connectivity index (χ2v) is 4.89. The van der Waals surface area contributed by atoms with Gasteiger partial charge in [-0.25, -0.2) is 4.79 Å². The predicted molar refractivity (Wildman–Crippen MR) is 74.3 cm³/mol. The summed E-state index contributed by atoms with van der Waals surface area (Å²) in [6, 6.07) is 3.16. The Bertz CT molecular complexity index is 547. The van der Waals surface area contributed by atoms with Gasteiger partial charge in [-0.15, -0.1) is 0 Å². The van der Waals surface area contributed by atoms with Crippen LogP contribution in [0.1, 0.15) is 23.2 Å². The molecule has 0 heterocycles. The van der Waals surface area contributed by atoms with Crippen LogP contribution in [0.25, 0.3) is 0 Å². The van der Waals surface area contributed by atoms with E-state index in [4.69, 9.17) is 15.9 Å². The number of hydrogen-bond acceptors (Lipinski definition) is 4. The van der Waals surface area contributed by atoms with Gasteiger partial charge in [-0.2, -0.15) is 0 Å². The molecule has 0 bridgehead atoms. The normalized spacial score (nSPS) is 11.7. The van der Waals surface area contributed by atoms with Gasteiger partial charge < -0.3 is 21.3 Å². The zero-order valence-corrected chi connectivity index (χ0v) is 11.9. The number of aliphatic carboxylic acids is 2. The third-order valence-corrected chi connectivity index (χ3v) is 3.20. The molecule has 7 nitrogen and oxygen atoms in total. The molecule has 0 radical (unpaired) electrons. The molecular formula is C12H13BrN2O5. The lowest BCUT2D eigenvalue weighted by molar-refractivity contribution is -0.140. The van der Waals surface area contributed by atoms with Crippen LogP contribution < -0.4 is 11.1 Å². The minimum absolute atomic E-state index is 0.188. The Hall–Kier alpha value is -2.09. The third-order valence-electron chi connectivity index (χ3n) is 2.51. The minimum atomic E-state index is -1.28. The zero-order chi connectivity index (χ0) is 15.3. The van der Waals surface area contributed by atoms with Gasteiger partial charge in [0.05, 0.1) is 0 Å². The smallest absolute Gasteiger partial charge is 0.326 e. The van der Waals surface area contributed by atoms with Crippen LogP contribution in [-0.2, 0) is 9.59 Å². The second-order valence-electron chi connectivity index (χ2n) is 4.03. The maximum absolute atomic E-state index is 11.9. The molecule has 20 heavy (non-hydrogen) atoms. The predicted octanol–water partition coefficient (Wildman–Crippen LogP) is 1.08. The number of nitrogens with one attached hydrogen (secondary N) is 1. The minimum Gasteiger partial charge on any atom is -0.481 e. The number of carboxylic acid groups (broad SMARTS) is 2. The van der Waals surface area contributed by atoms with Gasteiger partial charge >= 0.3 is 11.9 Å². The van der Waals surface area contributed by atoms with E-state index in [9.17, 15) is 14.4 Å². The van der Waals surface area contributed by atoms with Crippen LogP contribution in [0.2, 0.25) is 0 Å². The zero-order valence-electron chi connectivity index (χ0n) is 10.3. The van der Waals surface area contributed by atoms with Crippen molar-refractivity contribution in [1.82, 2.24) is 5.32 Å². The molecule has 0 aromatic heterocycles. The van der Waals surface area contributed by atoms with Crippen LogP contribution in [0.5, 0.6) is 0 Å². The topological polar surface area (TPSA) is 130 Å². The number of carbonyl (C=O) groups is 3. The lowest BCUT2D eigenvalue weighted by Gasteiger charge is -2.13. The standard InChI is InChI=1S/C12H13BrN2O5/c13-7-5-6(1-2-8(7)14)11(18)15-9(12(19)20)3-4-10(16)17/h1-2,5,9H,3-4,14H2,(H,15,18)(H,16,17)(H,19,20). The molecule has 8 heteroatoms. The Morgan fingerprint density at radius 1 is 1.30 bits per heavy atom. The first-order chi connectivity index (χ1) is 9.31. The molecule has 1 amide bonds. The fraction of sp³-hybridized carbons (Fsp3) is 0.250. The average Bonchev–Trinajstić information content (AvgIpc) is 2.36. The molecule has 0 spiro atoms. The van der Waals surface area contributed by atoms with E-state index in [2.05, 4.69) is 21.2 Å². The van der Waals surface area contributed by atoms with Gasteiger partial charge in [0.2, 0.25) is 0 Å². The number of nitrogen functional groups attached to an aromatic ring is 1. The van der Waals surface area contributed by atoms with Crippen molar-refractivity contribution >= 4 is 39.5 Å². The highest BCUT2D eigenvalue weighted by atomic mass is 79.9. The van der Waals surface area contributed by atoms with E-state index < -0.39 is 23.9 Å². The first-order valence-corrected chi connectivity index (χ1v) is 6.41. The molecule has 1 rings (SSSR count). The van der Waals surface area contributed by atoms with Gasteiger partial charge in [0.25, 0.3) is 5.91 Å². The Morgan fingerprint density at radius 3 is 2.45 bits per heavy atom. The maximum Gasteiger partial charge on any atom is 0.326 e. The molecule has 1 aromatic rings. The molecule has 1 aromatic carbocycles. The summed E-state index contributed by atoms with van der Waals surface area (Å²) in [5.74, 6) is -3.02. The summed E-state index contributed by atoms with van der Waals surface area (Å²) < 4.78 is 0.516. The fourth-order valence-electron chi connectivity index (χ4n) is 1.44. The van der Waals surface area contributed by atoms with Crippen LogP contribution in [-0.4, -0.2) is 34.1 Å². The van der Waals surface area contributed by atoms with E-state index in [0.29, 0.717) is 10.2 Å². The third kappa shape index (κ3) is 4.54. The van der Waals surface area contributed by atoms with E-state index in [1.54, 1.807) is 0 Å². The fourth-order valence-corrected chi connectivity index (χ4v) is 1.81. The molecule has 0 aliphatic carbocycles. The van der Waals surface area contributed by atoms with Crippen LogP contribution in [0.4, 0.5) is 5.69 Å². The molecule has 108 valence electrons. The van der Waals surface area contributed by atoms with Gasteiger partial charge in [-0.05, 0) is 40.5 Å². The van der Waals surface area contributed by atoms with Crippen molar-refractivity contribution in [3.63, 3.8) is 0 Å². The van der Waals surface area contributed by atoms with E-state index in [0.717, 1.165) is 0 Å². The van der Waals surface area contributed by atoms with Crippen molar-refractivity contribution in [1.29, 1.82) is 0 Å². The number of carbonyl (C=O) groups excluding carboxylic acids is 1. The van der Waals surface area contributed by atoms with E-state index in [1.165, 1.54) is 18.2 Å². The second kappa shape index (κ2) is 6.90. The molecule has 0 saturated carbocycles. The number of nitrogens with two attached hydrogens (primary N) is 1. The monoisotopic (exact) mass is 344 g/mol. The van der Waals surface area contributed by atoms with Crippen LogP contribution in [0.15, 0.2) is 22.7 Å². The van der Waals surface area contributed by atoms with Crippen molar-refractivity contribution in [3.05, 3.63) is 28.2 Å². The molecule has 0 fully saturated rings. The summed E-state index contributed by atoms with van der Waals surface area (Å²) in [7, 11) is 0. The number of carboxylic acids is 2. The number of hydrogen-bond donors (Lipinski definition) is 4. The number of anilines is 1. The van der Waals surface area contributed by atoms with E-state index >= 15 is 0 Å². The Labute approximate surface area is 122 Å². The quantitative estimate of drug-likeness (QED) is 0.571. The Kier molecular flexibility index (Phi) is 5.51. The summed E-state index contributed by atoms with van der Waals surface area (Å²) in [5, 5.41) is 19.8. The summed E-state index contributed by atoms with van der Waals surface area (Å²) in [6.07, 6.45) is -0.533. The average molecular weight is 345 g/mol. The van der Waals surface area contributed by atoms with Crippen molar-refractivity contribution in [2.75, 3.05) is 5.73 Å². The first-order valence-electron chi connectivity index (χ1n) is 5.61. The van der Waals surface area contributed by atoms with E-state index in [-0.39, 0.29) is 18.4 Å². The molecule has 0 aliphatic heterocycles. The largest absolute Gasteiger partial charge is 0.481 e. The highest BCUT2D eigenvalue weighted by molar-refractivity contribution is 9.10. The van der Waals surface area contributed by atoms with Crippen LogP contribution in [0.3, 0.4) is 0 Å². The number of halogens is 1. The lowest BCUT2D eigenvalue weighted by atomic mass is 10.1. The molecule has 0 saturated heterocycles. The first kappa shape index (κ1) is 16.0. The van der Waals surface area contributed by atoms with Gasteiger partial charge in [-0.3, -0.25) is 9.59 Å². The molecule has 5 N–H and O–H groups in total. The van der Waals surface area contributed by atoms with Gasteiger partial charge in [0, 0.05) is 22.1 Å². The number of benzene rings is 1. The summed E-state index contributed by atoms with van der Waals surface area (Å²) >= 11 is 3.16. The Balaban J connectivity index is 2.77. The van der Waals surface area contributed by atoms with Crippen molar-refractivity contribution < 1.29 is 24.6 Å². The van der Waals surface area contributed by atoms with Crippen molar-refractivity contribution in [2.45, 2.75) is 18.9 Å². The highest BCUT2D eigenvalue weighted by Gasteiger charge is 2.21. The molecular weight excluding hydrogens is 332 g/mol. The van der Waals surface area contributed by atoms with Crippen LogP contribution in [0, 0.1) is 0 Å². The van der Waals surface area contributed by atoms with Crippen molar-refractivity contribution in [3.8, 4) is 0 Å². The SMILES string of the molecule is Nc1ccc(C(=O)NC(CCC(=O)O)C(=O)O)cc1Br. The molecule has 1 atom stereocenters. The Morgan fingerprint density at radius 2 is 1.95 bits per heavy atom. The number of rotatable bonds is 6. The highest BCUT2D eigenvalue weighted by Crippen LogP contribution is 2.20. The van der Waals surface area contributed by atoms with Gasteiger partial charge in [0.15, 0.2) is 0 Å². The van der Waals surface area contributed by atoms with E-state index in [1.807, 2.05) is 0 Å². The number of amides is 1. The summed E-state index contributed by atoms with van der Waals surface area (Å²) in [4.78, 5) is 33.3. The van der Waals surface area contributed by atoms with Crippen LogP contribution >= 0.6 is 15.9 Å².